The van der Waals surface area contributed by atoms with E-state index in [1.165, 1.54) is 16.7 Å². The second kappa shape index (κ2) is 8.52. The van der Waals surface area contributed by atoms with Crippen LogP contribution in [0.3, 0.4) is 0 Å². The fourth-order valence-electron chi connectivity index (χ4n) is 2.74. The molecule has 108 valence electrons. The summed E-state index contributed by atoms with van der Waals surface area (Å²) in [5.74, 6) is 0.307. The number of halogens is 1. The number of benzene rings is 1. The van der Waals surface area contributed by atoms with Gasteiger partial charge in [-0.1, -0.05) is 69.0 Å². The van der Waals surface area contributed by atoms with Crippen LogP contribution in [0.1, 0.15) is 43.7 Å². The molecule has 1 aromatic carbocycles. The first-order valence-electron chi connectivity index (χ1n) is 7.31. The SMILES string of the molecule is C=CC(C=C)=C(CC)C(C)c1ccccc1CCCF. The zero-order valence-corrected chi connectivity index (χ0v) is 12.7. The fraction of sp³-hybridized carbons (Fsp3) is 0.368. The van der Waals surface area contributed by atoms with E-state index in [4.69, 9.17) is 0 Å². The number of allylic oxidation sites excluding steroid dienone is 4. The average Bonchev–Trinajstić information content (AvgIpc) is 2.50. The lowest BCUT2D eigenvalue weighted by Crippen LogP contribution is -2.04. The Hall–Kier alpha value is -1.63. The van der Waals surface area contributed by atoms with E-state index in [9.17, 15) is 4.39 Å². The molecule has 1 heteroatoms. The summed E-state index contributed by atoms with van der Waals surface area (Å²) in [7, 11) is 0. The molecule has 0 heterocycles. The van der Waals surface area contributed by atoms with Crippen molar-refractivity contribution in [3.05, 3.63) is 71.8 Å². The second-order valence-corrected chi connectivity index (χ2v) is 4.96. The van der Waals surface area contributed by atoms with Gasteiger partial charge in [-0.3, -0.25) is 4.39 Å². The van der Waals surface area contributed by atoms with Crippen LogP contribution >= 0.6 is 0 Å². The van der Waals surface area contributed by atoms with Crippen LogP contribution in [0.2, 0.25) is 0 Å². The maximum absolute atomic E-state index is 12.4. The van der Waals surface area contributed by atoms with Gasteiger partial charge in [0.2, 0.25) is 0 Å². The molecule has 1 atom stereocenters. The summed E-state index contributed by atoms with van der Waals surface area (Å²) in [5.41, 5.74) is 4.98. The second-order valence-electron chi connectivity index (χ2n) is 4.96. The van der Waals surface area contributed by atoms with E-state index >= 15 is 0 Å². The van der Waals surface area contributed by atoms with Crippen molar-refractivity contribution in [2.45, 2.75) is 39.0 Å². The molecule has 20 heavy (non-hydrogen) atoms. The molecular weight excluding hydrogens is 247 g/mol. The molecule has 1 unspecified atom stereocenters. The molecule has 0 saturated carbocycles. The third-order valence-corrected chi connectivity index (χ3v) is 3.82. The van der Waals surface area contributed by atoms with E-state index in [1.54, 1.807) is 0 Å². The molecule has 0 aliphatic carbocycles. The van der Waals surface area contributed by atoms with E-state index in [0.717, 1.165) is 18.4 Å². The van der Waals surface area contributed by atoms with E-state index in [2.05, 4.69) is 45.2 Å². The Kier molecular flexibility index (Phi) is 7.00. The molecule has 0 bridgehead atoms. The lowest BCUT2D eigenvalue weighted by Gasteiger charge is -2.21. The standard InChI is InChI=1S/C19H25F/c1-5-16(6-2)18(7-3)15(4)19-13-9-8-11-17(19)12-10-14-20/h5-6,8-9,11,13,15H,1-2,7,10,12,14H2,3-4H3. The normalized spacial score (nSPS) is 11.8. The highest BCUT2D eigenvalue weighted by Gasteiger charge is 2.15. The molecule has 0 spiro atoms. The number of rotatable bonds is 8. The van der Waals surface area contributed by atoms with Crippen molar-refractivity contribution >= 4 is 0 Å². The zero-order valence-electron chi connectivity index (χ0n) is 12.7. The molecule has 0 fully saturated rings. The van der Waals surface area contributed by atoms with Crippen molar-refractivity contribution in [1.82, 2.24) is 0 Å². The summed E-state index contributed by atoms with van der Waals surface area (Å²) >= 11 is 0. The first kappa shape index (κ1) is 16.4. The maximum atomic E-state index is 12.4. The van der Waals surface area contributed by atoms with E-state index in [-0.39, 0.29) is 6.67 Å². The first-order chi connectivity index (χ1) is 9.69. The van der Waals surface area contributed by atoms with Gasteiger partial charge in [-0.25, -0.2) is 0 Å². The summed E-state index contributed by atoms with van der Waals surface area (Å²) in [5, 5.41) is 0. The van der Waals surface area contributed by atoms with Gasteiger partial charge >= 0.3 is 0 Å². The number of hydrogen-bond acceptors (Lipinski definition) is 0. The van der Waals surface area contributed by atoms with Gasteiger partial charge in [-0.15, -0.1) is 0 Å². The Labute approximate surface area is 122 Å². The topological polar surface area (TPSA) is 0 Å². The summed E-state index contributed by atoms with van der Waals surface area (Å²) in [6.45, 7) is 11.8. The molecule has 1 aromatic rings. The molecule has 0 amide bonds. The summed E-state index contributed by atoms with van der Waals surface area (Å²) in [6.07, 6.45) is 6.08. The Bertz CT molecular complexity index is 472. The van der Waals surface area contributed by atoms with Crippen LogP contribution in [0.5, 0.6) is 0 Å². The lowest BCUT2D eigenvalue weighted by molar-refractivity contribution is 0.472. The first-order valence-corrected chi connectivity index (χ1v) is 7.31. The van der Waals surface area contributed by atoms with E-state index in [1.807, 2.05) is 18.2 Å². The van der Waals surface area contributed by atoms with Crippen LogP contribution in [0.15, 0.2) is 60.7 Å². The van der Waals surface area contributed by atoms with Gasteiger partial charge in [0.1, 0.15) is 0 Å². The third kappa shape index (κ3) is 3.93. The lowest BCUT2D eigenvalue weighted by atomic mass is 9.84. The van der Waals surface area contributed by atoms with Crippen LogP contribution in [-0.4, -0.2) is 6.67 Å². The fourth-order valence-corrected chi connectivity index (χ4v) is 2.74. The van der Waals surface area contributed by atoms with Crippen LogP contribution in [-0.2, 0) is 6.42 Å². The van der Waals surface area contributed by atoms with Gasteiger partial charge in [0, 0.05) is 5.92 Å². The summed E-state index contributed by atoms with van der Waals surface area (Å²) < 4.78 is 12.4. The molecule has 0 aromatic heterocycles. The molecule has 0 aliphatic rings. The third-order valence-electron chi connectivity index (χ3n) is 3.82. The molecule has 0 nitrogen and oxygen atoms in total. The van der Waals surface area contributed by atoms with Crippen molar-refractivity contribution in [2.24, 2.45) is 0 Å². The molecule has 0 aliphatic heterocycles. The Balaban J connectivity index is 3.18. The van der Waals surface area contributed by atoms with E-state index < -0.39 is 0 Å². The van der Waals surface area contributed by atoms with Gasteiger partial charge in [0.25, 0.3) is 0 Å². The smallest absolute Gasteiger partial charge is 0.0897 e. The highest BCUT2D eigenvalue weighted by atomic mass is 19.1. The van der Waals surface area contributed by atoms with Crippen LogP contribution in [0.4, 0.5) is 4.39 Å². The van der Waals surface area contributed by atoms with E-state index in [0.29, 0.717) is 12.3 Å². The summed E-state index contributed by atoms with van der Waals surface area (Å²) in [6, 6.07) is 8.34. The van der Waals surface area contributed by atoms with Crippen molar-refractivity contribution in [2.75, 3.05) is 6.67 Å². The molecule has 0 saturated heterocycles. The molecular formula is C19H25F. The van der Waals surface area contributed by atoms with Crippen LogP contribution in [0, 0.1) is 0 Å². The van der Waals surface area contributed by atoms with Crippen LogP contribution in [0.25, 0.3) is 0 Å². The minimum atomic E-state index is -0.260. The quantitative estimate of drug-likeness (QED) is 0.527. The van der Waals surface area contributed by atoms with Gasteiger partial charge in [-0.05, 0) is 36.0 Å². The summed E-state index contributed by atoms with van der Waals surface area (Å²) in [4.78, 5) is 0. The highest BCUT2D eigenvalue weighted by molar-refractivity contribution is 5.42. The maximum Gasteiger partial charge on any atom is 0.0897 e. The largest absolute Gasteiger partial charge is 0.251 e. The molecule has 0 radical (unpaired) electrons. The minimum Gasteiger partial charge on any atom is -0.251 e. The molecule has 1 rings (SSSR count). The van der Waals surface area contributed by atoms with Gasteiger partial charge in [0.05, 0.1) is 6.67 Å². The van der Waals surface area contributed by atoms with Crippen molar-refractivity contribution < 1.29 is 4.39 Å². The Morgan fingerprint density at radius 2 is 1.90 bits per heavy atom. The Morgan fingerprint density at radius 3 is 2.45 bits per heavy atom. The monoisotopic (exact) mass is 272 g/mol. The Morgan fingerprint density at radius 1 is 1.25 bits per heavy atom. The predicted octanol–water partition coefficient (Wildman–Crippen LogP) is 5.77. The van der Waals surface area contributed by atoms with Crippen molar-refractivity contribution in [1.29, 1.82) is 0 Å². The molecule has 0 N–H and O–H groups in total. The van der Waals surface area contributed by atoms with Gasteiger partial charge in [-0.2, -0.15) is 0 Å². The predicted molar refractivity (Wildman–Crippen MR) is 86.9 cm³/mol. The zero-order chi connectivity index (χ0) is 15.0. The van der Waals surface area contributed by atoms with Gasteiger partial charge in [0.15, 0.2) is 0 Å². The number of aryl methyl sites for hydroxylation is 1. The minimum absolute atomic E-state index is 0.260. The van der Waals surface area contributed by atoms with Crippen LogP contribution < -0.4 is 0 Å². The number of alkyl halides is 1. The average molecular weight is 272 g/mol. The van der Waals surface area contributed by atoms with Gasteiger partial charge < -0.3 is 0 Å². The highest BCUT2D eigenvalue weighted by Crippen LogP contribution is 2.32. The van der Waals surface area contributed by atoms with Crippen molar-refractivity contribution in [3.63, 3.8) is 0 Å². The number of hydrogen-bond donors (Lipinski definition) is 0. The van der Waals surface area contributed by atoms with Crippen molar-refractivity contribution in [3.8, 4) is 0 Å².